The maximum Gasteiger partial charge on any atom is 0.341 e. The van der Waals surface area contributed by atoms with E-state index in [1.807, 2.05) is 0 Å². The number of hydrogen-bond donors (Lipinski definition) is 2. The first-order valence-corrected chi connectivity index (χ1v) is 10.1. The van der Waals surface area contributed by atoms with Crippen LogP contribution in [0.3, 0.4) is 0 Å². The lowest BCUT2D eigenvalue weighted by Gasteiger charge is -2.10. The van der Waals surface area contributed by atoms with Crippen LogP contribution < -0.4 is 10.5 Å². The van der Waals surface area contributed by atoms with Crippen LogP contribution >= 0.6 is 0 Å². The first kappa shape index (κ1) is 24.4. The SMILES string of the molecule is COC(=O)c1cc(NC(=O)COC(=O)c2cc(S(N)(=O)=O)ccc2F)cc(C(=O)OC)c1. The number of rotatable bonds is 7. The second-order valence-electron chi connectivity index (χ2n) is 6.09. The number of carbonyl (C=O) groups is 4. The number of nitrogens with two attached hydrogens (primary N) is 1. The number of ether oxygens (including phenoxy) is 3. The number of hydrogen-bond acceptors (Lipinski definition) is 9. The number of nitrogens with one attached hydrogen (secondary N) is 1. The summed E-state index contributed by atoms with van der Waals surface area (Å²) >= 11 is 0. The zero-order chi connectivity index (χ0) is 24.1. The Hall–Kier alpha value is -3.84. The van der Waals surface area contributed by atoms with E-state index in [1.165, 1.54) is 18.2 Å². The van der Waals surface area contributed by atoms with E-state index in [0.29, 0.717) is 12.1 Å². The average molecular weight is 468 g/mol. The molecule has 2 rings (SSSR count). The summed E-state index contributed by atoms with van der Waals surface area (Å²) in [5, 5.41) is 7.24. The van der Waals surface area contributed by atoms with Crippen molar-refractivity contribution in [2.75, 3.05) is 26.1 Å². The lowest BCUT2D eigenvalue weighted by Crippen LogP contribution is -2.22. The summed E-state index contributed by atoms with van der Waals surface area (Å²) in [4.78, 5) is 47.2. The number of methoxy groups -OCH3 is 2. The summed E-state index contributed by atoms with van der Waals surface area (Å²) < 4.78 is 50.4. The van der Waals surface area contributed by atoms with E-state index in [-0.39, 0.29) is 16.8 Å². The zero-order valence-corrected chi connectivity index (χ0v) is 17.5. The molecule has 0 atom stereocenters. The fourth-order valence-corrected chi connectivity index (χ4v) is 2.95. The Morgan fingerprint density at radius 2 is 1.50 bits per heavy atom. The normalized spacial score (nSPS) is 10.8. The molecule has 0 aromatic heterocycles. The molecule has 0 aliphatic rings. The van der Waals surface area contributed by atoms with Gasteiger partial charge in [-0.05, 0) is 36.4 Å². The second-order valence-corrected chi connectivity index (χ2v) is 7.65. The summed E-state index contributed by atoms with van der Waals surface area (Å²) in [6.07, 6.45) is 0. The van der Waals surface area contributed by atoms with Gasteiger partial charge in [-0.1, -0.05) is 0 Å². The van der Waals surface area contributed by atoms with Gasteiger partial charge in [0.15, 0.2) is 6.61 Å². The minimum atomic E-state index is -4.20. The van der Waals surface area contributed by atoms with E-state index in [2.05, 4.69) is 14.8 Å². The predicted octanol–water partition coefficient (Wildman–Crippen LogP) is 0.842. The molecular formula is C19H17FN2O9S. The molecule has 0 spiro atoms. The van der Waals surface area contributed by atoms with Crippen LogP contribution in [0.25, 0.3) is 0 Å². The van der Waals surface area contributed by atoms with E-state index >= 15 is 0 Å². The number of primary sulfonamides is 1. The first-order valence-electron chi connectivity index (χ1n) is 8.57. The number of esters is 3. The lowest BCUT2D eigenvalue weighted by molar-refractivity contribution is -0.119. The first-order chi connectivity index (χ1) is 15.0. The van der Waals surface area contributed by atoms with Crippen molar-refractivity contribution in [3.63, 3.8) is 0 Å². The fraction of sp³-hybridized carbons (Fsp3) is 0.158. The van der Waals surface area contributed by atoms with E-state index in [9.17, 15) is 32.0 Å². The van der Waals surface area contributed by atoms with Crippen molar-refractivity contribution in [2.24, 2.45) is 5.14 Å². The highest BCUT2D eigenvalue weighted by Gasteiger charge is 2.20. The van der Waals surface area contributed by atoms with Crippen LogP contribution in [0.2, 0.25) is 0 Å². The molecule has 11 nitrogen and oxygen atoms in total. The number of benzene rings is 2. The van der Waals surface area contributed by atoms with Gasteiger partial charge in [0.05, 0.1) is 35.8 Å². The summed E-state index contributed by atoms with van der Waals surface area (Å²) in [6, 6.07) is 5.84. The predicted molar refractivity (Wildman–Crippen MR) is 106 cm³/mol. The highest BCUT2D eigenvalue weighted by Crippen LogP contribution is 2.18. The number of carbonyl (C=O) groups excluding carboxylic acids is 4. The molecule has 0 aliphatic heterocycles. The quantitative estimate of drug-likeness (QED) is 0.442. The smallest absolute Gasteiger partial charge is 0.341 e. The summed E-state index contributed by atoms with van der Waals surface area (Å²) in [6.45, 7) is -0.895. The third-order valence-electron chi connectivity index (χ3n) is 3.88. The Labute approximate surface area is 181 Å². The van der Waals surface area contributed by atoms with Gasteiger partial charge in [0, 0.05) is 5.69 Å². The average Bonchev–Trinajstić information content (AvgIpc) is 2.75. The second kappa shape index (κ2) is 9.98. The molecule has 170 valence electrons. The minimum absolute atomic E-state index is 0.0169. The molecule has 0 fully saturated rings. The summed E-state index contributed by atoms with van der Waals surface area (Å²) in [7, 11) is -1.96. The molecule has 2 aromatic carbocycles. The van der Waals surface area contributed by atoms with Gasteiger partial charge in [-0.3, -0.25) is 4.79 Å². The van der Waals surface area contributed by atoms with Crippen molar-refractivity contribution in [1.29, 1.82) is 0 Å². The van der Waals surface area contributed by atoms with E-state index in [0.717, 1.165) is 20.3 Å². The summed E-state index contributed by atoms with van der Waals surface area (Å²) in [5.41, 5.74) is -0.893. The van der Waals surface area contributed by atoms with E-state index < -0.39 is 56.7 Å². The van der Waals surface area contributed by atoms with Crippen molar-refractivity contribution >= 4 is 39.5 Å². The molecule has 0 aliphatic carbocycles. The molecule has 2 aromatic rings. The van der Waals surface area contributed by atoms with Crippen molar-refractivity contribution in [1.82, 2.24) is 0 Å². The zero-order valence-electron chi connectivity index (χ0n) is 16.7. The van der Waals surface area contributed by atoms with E-state index in [1.54, 1.807) is 0 Å². The van der Waals surface area contributed by atoms with Gasteiger partial charge in [0.2, 0.25) is 10.0 Å². The highest BCUT2D eigenvalue weighted by molar-refractivity contribution is 7.89. The van der Waals surface area contributed by atoms with Gasteiger partial charge in [-0.2, -0.15) is 0 Å². The largest absolute Gasteiger partial charge is 0.465 e. The molecular weight excluding hydrogens is 451 g/mol. The molecule has 3 N–H and O–H groups in total. The van der Waals surface area contributed by atoms with Crippen molar-refractivity contribution in [2.45, 2.75) is 4.90 Å². The van der Waals surface area contributed by atoms with Crippen molar-refractivity contribution in [3.8, 4) is 0 Å². The Balaban J connectivity index is 2.15. The highest BCUT2D eigenvalue weighted by atomic mass is 32.2. The molecule has 13 heteroatoms. The number of anilines is 1. The molecule has 0 heterocycles. The van der Waals surface area contributed by atoms with Crippen LogP contribution in [-0.4, -0.2) is 53.1 Å². The molecule has 0 radical (unpaired) electrons. The van der Waals surface area contributed by atoms with Crippen molar-refractivity contribution in [3.05, 3.63) is 58.9 Å². The molecule has 32 heavy (non-hydrogen) atoms. The van der Waals surface area contributed by atoms with Gasteiger partial charge in [-0.25, -0.2) is 32.3 Å². The molecule has 0 unspecified atom stereocenters. The maximum absolute atomic E-state index is 13.9. The molecule has 0 saturated carbocycles. The van der Waals surface area contributed by atoms with Crippen LogP contribution in [0.1, 0.15) is 31.1 Å². The molecule has 0 bridgehead atoms. The number of halogens is 1. The van der Waals surface area contributed by atoms with Gasteiger partial charge >= 0.3 is 17.9 Å². The number of amides is 1. The van der Waals surface area contributed by atoms with Crippen molar-refractivity contribution < 1.29 is 46.2 Å². The lowest BCUT2D eigenvalue weighted by atomic mass is 10.1. The van der Waals surface area contributed by atoms with E-state index in [4.69, 9.17) is 9.88 Å². The monoisotopic (exact) mass is 468 g/mol. The van der Waals surface area contributed by atoms with Crippen LogP contribution in [0.4, 0.5) is 10.1 Å². The summed E-state index contributed by atoms with van der Waals surface area (Å²) in [5.74, 6) is -4.89. The van der Waals surface area contributed by atoms with Gasteiger partial charge < -0.3 is 19.5 Å². The van der Waals surface area contributed by atoms with Gasteiger partial charge in [0.1, 0.15) is 5.82 Å². The molecule has 1 amide bonds. The van der Waals surface area contributed by atoms with Crippen LogP contribution in [0, 0.1) is 5.82 Å². The Kier molecular flexibility index (Phi) is 7.62. The van der Waals surface area contributed by atoms with Gasteiger partial charge in [0.25, 0.3) is 5.91 Å². The van der Waals surface area contributed by atoms with Crippen LogP contribution in [0.5, 0.6) is 0 Å². The Bertz CT molecular complexity index is 1160. The van der Waals surface area contributed by atoms with Gasteiger partial charge in [-0.15, -0.1) is 0 Å². The standard InChI is InChI=1S/C19H17FN2O9S/c1-29-17(24)10-5-11(18(25)30-2)7-12(6-10)22-16(23)9-31-19(26)14-8-13(32(21,27)28)3-4-15(14)20/h3-8H,9H2,1-2H3,(H,22,23)(H2,21,27,28). The van der Waals surface area contributed by atoms with Crippen LogP contribution in [0.15, 0.2) is 41.3 Å². The maximum atomic E-state index is 13.9. The van der Waals surface area contributed by atoms with Crippen LogP contribution in [-0.2, 0) is 29.0 Å². The minimum Gasteiger partial charge on any atom is -0.465 e. The fourth-order valence-electron chi connectivity index (χ4n) is 2.41. The third-order valence-corrected chi connectivity index (χ3v) is 4.79. The topological polar surface area (TPSA) is 168 Å². The Morgan fingerprint density at radius 1 is 0.938 bits per heavy atom. The number of sulfonamides is 1. The molecule has 0 saturated heterocycles. The Morgan fingerprint density at radius 3 is 2.00 bits per heavy atom. The third kappa shape index (κ3) is 6.09.